The number of hydrogen-bond acceptors (Lipinski definition) is 1. The molecule has 0 N–H and O–H groups in total. The van der Waals surface area contributed by atoms with E-state index in [4.69, 9.17) is 4.98 Å². The molecule has 0 saturated carbocycles. The third-order valence-electron chi connectivity index (χ3n) is 7.62. The van der Waals surface area contributed by atoms with Crippen LogP contribution in [0.2, 0.25) is 0 Å². The van der Waals surface area contributed by atoms with Gasteiger partial charge in [0.1, 0.15) is 5.82 Å². The average Bonchev–Trinajstić information content (AvgIpc) is 3.33. The highest BCUT2D eigenvalue weighted by Crippen LogP contribution is 2.47. The van der Waals surface area contributed by atoms with Gasteiger partial charge >= 0.3 is 0 Å². The molecular weight excluding hydrogens is 436 g/mol. The topological polar surface area (TPSA) is 17.8 Å². The molecule has 0 fully saturated rings. The first-order chi connectivity index (χ1) is 17.6. The third-order valence-corrected chi connectivity index (χ3v) is 7.62. The quantitative estimate of drug-likeness (QED) is 0.257. The maximum absolute atomic E-state index is 5.12. The molecule has 2 heterocycles. The van der Waals surface area contributed by atoms with Crippen LogP contribution in [0.5, 0.6) is 0 Å². The van der Waals surface area contributed by atoms with E-state index in [0.29, 0.717) is 0 Å². The maximum Gasteiger partial charge on any atom is 0.145 e. The van der Waals surface area contributed by atoms with Gasteiger partial charge in [0.15, 0.2) is 0 Å². The molecular formula is C34H26N2. The largest absolute Gasteiger partial charge is 0.292 e. The molecule has 0 saturated heterocycles. The molecule has 0 amide bonds. The van der Waals surface area contributed by atoms with E-state index < -0.39 is 0 Å². The van der Waals surface area contributed by atoms with Gasteiger partial charge in [0, 0.05) is 11.0 Å². The van der Waals surface area contributed by atoms with E-state index in [1.54, 1.807) is 0 Å². The summed E-state index contributed by atoms with van der Waals surface area (Å²) in [6.07, 6.45) is 0. The lowest BCUT2D eigenvalue weighted by Gasteiger charge is -2.35. The van der Waals surface area contributed by atoms with Crippen LogP contribution in [-0.4, -0.2) is 9.55 Å². The highest BCUT2D eigenvalue weighted by molar-refractivity contribution is 5.91. The fourth-order valence-corrected chi connectivity index (χ4v) is 5.79. The van der Waals surface area contributed by atoms with Gasteiger partial charge in [-0.25, -0.2) is 4.98 Å². The Labute approximate surface area is 211 Å². The van der Waals surface area contributed by atoms with Gasteiger partial charge < -0.3 is 0 Å². The van der Waals surface area contributed by atoms with Crippen LogP contribution in [-0.2, 0) is 5.41 Å². The van der Waals surface area contributed by atoms with Crippen LogP contribution in [0.25, 0.3) is 50.4 Å². The summed E-state index contributed by atoms with van der Waals surface area (Å²) >= 11 is 0. The Morgan fingerprint density at radius 3 is 1.92 bits per heavy atom. The van der Waals surface area contributed by atoms with Crippen LogP contribution in [0, 0.1) is 0 Å². The van der Waals surface area contributed by atoms with Crippen molar-refractivity contribution in [1.82, 2.24) is 9.55 Å². The second-order valence-electron chi connectivity index (χ2n) is 10.1. The monoisotopic (exact) mass is 462 g/mol. The van der Waals surface area contributed by atoms with Gasteiger partial charge in [-0.3, -0.25) is 4.57 Å². The van der Waals surface area contributed by atoms with Gasteiger partial charge in [-0.1, -0.05) is 117 Å². The van der Waals surface area contributed by atoms with Crippen molar-refractivity contribution in [3.05, 3.63) is 132 Å². The van der Waals surface area contributed by atoms with Crippen molar-refractivity contribution in [3.8, 4) is 39.3 Å². The van der Waals surface area contributed by atoms with Crippen LogP contribution in [0.1, 0.15) is 25.0 Å². The second-order valence-corrected chi connectivity index (χ2v) is 10.1. The molecule has 1 aliphatic rings. The zero-order chi connectivity index (χ0) is 24.3. The zero-order valence-electron chi connectivity index (χ0n) is 20.4. The Kier molecular flexibility index (Phi) is 4.52. The predicted molar refractivity (Wildman–Crippen MR) is 150 cm³/mol. The Morgan fingerprint density at radius 1 is 0.556 bits per heavy atom. The van der Waals surface area contributed by atoms with Crippen LogP contribution in [0.3, 0.4) is 0 Å². The van der Waals surface area contributed by atoms with Crippen molar-refractivity contribution in [2.45, 2.75) is 19.3 Å². The van der Waals surface area contributed by atoms with Crippen LogP contribution >= 0.6 is 0 Å². The highest BCUT2D eigenvalue weighted by Gasteiger charge is 2.36. The molecule has 6 aromatic rings. The lowest BCUT2D eigenvalue weighted by Crippen LogP contribution is -2.26. The number of hydrogen-bond donors (Lipinski definition) is 0. The second kappa shape index (κ2) is 7.79. The molecule has 0 radical (unpaired) electrons. The summed E-state index contributed by atoms with van der Waals surface area (Å²) in [5.41, 5.74) is 12.0. The number of rotatable bonds is 3. The fraction of sp³-hybridized carbons (Fsp3) is 0.0882. The molecule has 0 bridgehead atoms. The van der Waals surface area contributed by atoms with E-state index in [9.17, 15) is 0 Å². The molecule has 0 spiro atoms. The molecule has 1 aliphatic heterocycles. The Morgan fingerprint density at radius 2 is 1.19 bits per heavy atom. The standard InChI is InChI=1S/C34H26N2/c1-34(2)28-18-11-19-30-32(28)36(33(35-30)24-14-7-4-8-15-24)31-21-20-25(22-29(31)34)27-17-10-9-16-26(27)23-12-5-3-6-13-23/h3-22H,1-2H3. The fourth-order valence-electron chi connectivity index (χ4n) is 5.79. The van der Waals surface area contributed by atoms with E-state index in [1.807, 2.05) is 0 Å². The van der Waals surface area contributed by atoms with Crippen molar-refractivity contribution in [2.24, 2.45) is 0 Å². The molecule has 7 rings (SSSR count). The predicted octanol–water partition coefficient (Wildman–Crippen LogP) is 8.67. The van der Waals surface area contributed by atoms with Crippen molar-refractivity contribution in [2.75, 3.05) is 0 Å². The minimum atomic E-state index is -0.156. The normalized spacial score (nSPS) is 13.5. The minimum absolute atomic E-state index is 0.156. The summed E-state index contributed by atoms with van der Waals surface area (Å²) in [4.78, 5) is 5.12. The number of benzene rings is 5. The van der Waals surface area contributed by atoms with Gasteiger partial charge in [-0.15, -0.1) is 0 Å². The van der Waals surface area contributed by atoms with E-state index in [2.05, 4.69) is 140 Å². The van der Waals surface area contributed by atoms with E-state index in [1.165, 1.54) is 44.6 Å². The molecule has 0 unspecified atom stereocenters. The summed E-state index contributed by atoms with van der Waals surface area (Å²) in [6, 6.07) is 43.4. The number of nitrogens with zero attached hydrogens (tertiary/aromatic N) is 2. The smallest absolute Gasteiger partial charge is 0.145 e. The van der Waals surface area contributed by atoms with Gasteiger partial charge in [0.2, 0.25) is 0 Å². The highest BCUT2D eigenvalue weighted by atomic mass is 15.1. The van der Waals surface area contributed by atoms with Crippen LogP contribution < -0.4 is 0 Å². The molecule has 0 aliphatic carbocycles. The first-order valence-corrected chi connectivity index (χ1v) is 12.5. The summed E-state index contributed by atoms with van der Waals surface area (Å²) in [5, 5.41) is 0. The summed E-state index contributed by atoms with van der Waals surface area (Å²) in [5.74, 6) is 0.993. The van der Waals surface area contributed by atoms with Gasteiger partial charge in [-0.2, -0.15) is 0 Å². The summed E-state index contributed by atoms with van der Waals surface area (Å²) in [7, 11) is 0. The molecule has 36 heavy (non-hydrogen) atoms. The van der Waals surface area contributed by atoms with Crippen LogP contribution in [0.15, 0.2) is 121 Å². The van der Waals surface area contributed by atoms with Crippen LogP contribution in [0.4, 0.5) is 0 Å². The Balaban J connectivity index is 1.50. The number of fused-ring (bicyclic) bond motifs is 2. The Bertz CT molecular complexity index is 1740. The molecule has 5 aromatic carbocycles. The van der Waals surface area contributed by atoms with Gasteiger partial charge in [0.25, 0.3) is 0 Å². The zero-order valence-corrected chi connectivity index (χ0v) is 20.4. The van der Waals surface area contributed by atoms with Crippen molar-refractivity contribution in [3.63, 3.8) is 0 Å². The summed E-state index contributed by atoms with van der Waals surface area (Å²) < 4.78 is 2.37. The third kappa shape index (κ3) is 3.01. The van der Waals surface area contributed by atoms with Crippen molar-refractivity contribution >= 4 is 11.0 Å². The van der Waals surface area contributed by atoms with E-state index >= 15 is 0 Å². The maximum atomic E-state index is 5.12. The first-order valence-electron chi connectivity index (χ1n) is 12.5. The lowest BCUT2D eigenvalue weighted by atomic mass is 9.74. The summed E-state index contributed by atoms with van der Waals surface area (Å²) in [6.45, 7) is 4.68. The number of para-hydroxylation sites is 1. The van der Waals surface area contributed by atoms with E-state index in [0.717, 1.165) is 16.9 Å². The van der Waals surface area contributed by atoms with Crippen molar-refractivity contribution < 1.29 is 0 Å². The molecule has 2 nitrogen and oxygen atoms in total. The van der Waals surface area contributed by atoms with Gasteiger partial charge in [0.05, 0.1) is 16.7 Å². The lowest BCUT2D eigenvalue weighted by molar-refractivity contribution is 0.629. The SMILES string of the molecule is CC1(C)c2cc(-c3ccccc3-c3ccccc3)ccc2-n2c(-c3ccccc3)nc3cccc1c32. The molecule has 1 aromatic heterocycles. The minimum Gasteiger partial charge on any atom is -0.292 e. The molecule has 172 valence electrons. The number of aromatic nitrogens is 2. The molecule has 0 atom stereocenters. The molecule has 2 heteroatoms. The Hall–Kier alpha value is -4.43. The number of imidazole rings is 1. The first kappa shape index (κ1) is 20.9. The van der Waals surface area contributed by atoms with E-state index in [-0.39, 0.29) is 5.41 Å². The van der Waals surface area contributed by atoms with Gasteiger partial charge in [-0.05, 0) is 51.6 Å². The van der Waals surface area contributed by atoms with Crippen molar-refractivity contribution in [1.29, 1.82) is 0 Å². The average molecular weight is 463 g/mol.